The topological polar surface area (TPSA) is 137 Å². The van der Waals surface area contributed by atoms with Crippen molar-refractivity contribution in [3.8, 4) is 5.75 Å². The number of nitro groups is 1. The molecule has 12 heteroatoms. The molecule has 3 aromatic carbocycles. The summed E-state index contributed by atoms with van der Waals surface area (Å²) in [5.41, 5.74) is 2.68. The number of hydrazone groups is 1. The summed E-state index contributed by atoms with van der Waals surface area (Å²) in [6.07, 6.45) is 2.35. The molecule has 3 rings (SSSR count). The summed E-state index contributed by atoms with van der Waals surface area (Å²) < 4.78 is 13.6. The standard InChI is InChI=1S/C25H21ClFN5O5/c1-31(2)20-8-6-15(7-9-20)10-21(29-24(34)16-4-3-5-19(27)12-16)25(35)30-28-14-17-11-18(26)13-22(23(17)33)32(36)37/h3-14,33H,1-2H3,(H,29,34)(H,30,35)/b21-10-,28-14+. The van der Waals surface area contributed by atoms with Gasteiger partial charge < -0.3 is 15.3 Å². The lowest BCUT2D eigenvalue weighted by Gasteiger charge is -2.12. The van der Waals surface area contributed by atoms with E-state index in [4.69, 9.17) is 11.6 Å². The Labute approximate surface area is 215 Å². The third kappa shape index (κ3) is 7.12. The number of nitrogens with one attached hydrogen (secondary N) is 2. The lowest BCUT2D eigenvalue weighted by atomic mass is 10.1. The molecule has 0 radical (unpaired) electrons. The zero-order valence-corrected chi connectivity index (χ0v) is 20.4. The normalized spacial score (nSPS) is 11.3. The highest BCUT2D eigenvalue weighted by Crippen LogP contribution is 2.32. The molecule has 0 saturated carbocycles. The molecule has 0 bridgehead atoms. The van der Waals surface area contributed by atoms with Gasteiger partial charge in [0.25, 0.3) is 11.8 Å². The third-order valence-corrected chi connectivity index (χ3v) is 5.17. The molecule has 0 unspecified atom stereocenters. The lowest BCUT2D eigenvalue weighted by molar-refractivity contribution is -0.385. The first kappa shape index (κ1) is 26.8. The average molecular weight is 526 g/mol. The second-order valence-electron chi connectivity index (χ2n) is 7.83. The van der Waals surface area contributed by atoms with Gasteiger partial charge in [-0.3, -0.25) is 19.7 Å². The molecule has 0 saturated heterocycles. The van der Waals surface area contributed by atoms with Crippen LogP contribution in [0.4, 0.5) is 15.8 Å². The average Bonchev–Trinajstić information content (AvgIpc) is 2.85. The third-order valence-electron chi connectivity index (χ3n) is 4.95. The van der Waals surface area contributed by atoms with Gasteiger partial charge >= 0.3 is 5.69 Å². The summed E-state index contributed by atoms with van der Waals surface area (Å²) >= 11 is 5.85. The molecule has 10 nitrogen and oxygen atoms in total. The summed E-state index contributed by atoms with van der Waals surface area (Å²) in [6.45, 7) is 0. The number of phenolic OH excluding ortho intramolecular Hbond substituents is 1. The number of hydrogen-bond donors (Lipinski definition) is 3. The van der Waals surface area contributed by atoms with Gasteiger partial charge in [-0.15, -0.1) is 0 Å². The number of phenols is 1. The van der Waals surface area contributed by atoms with Crippen molar-refractivity contribution in [2.24, 2.45) is 5.10 Å². The van der Waals surface area contributed by atoms with Crippen molar-refractivity contribution in [2.75, 3.05) is 19.0 Å². The number of nitro benzene ring substituents is 1. The number of nitrogens with zero attached hydrogens (tertiary/aromatic N) is 3. The Hall–Kier alpha value is -4.77. The minimum Gasteiger partial charge on any atom is -0.502 e. The molecular weight excluding hydrogens is 505 g/mol. The quantitative estimate of drug-likeness (QED) is 0.175. The fourth-order valence-corrected chi connectivity index (χ4v) is 3.30. The lowest BCUT2D eigenvalue weighted by Crippen LogP contribution is -2.32. The van der Waals surface area contributed by atoms with Gasteiger partial charge in [-0.25, -0.2) is 9.82 Å². The number of anilines is 1. The van der Waals surface area contributed by atoms with Crippen molar-refractivity contribution in [2.45, 2.75) is 0 Å². The van der Waals surface area contributed by atoms with E-state index in [1.165, 1.54) is 30.3 Å². The molecule has 0 aliphatic heterocycles. The van der Waals surface area contributed by atoms with Crippen LogP contribution in [0.15, 0.2) is 71.5 Å². The van der Waals surface area contributed by atoms with Crippen LogP contribution in [-0.4, -0.2) is 42.2 Å². The van der Waals surface area contributed by atoms with Gasteiger partial charge in [-0.05, 0) is 48.0 Å². The van der Waals surface area contributed by atoms with Crippen LogP contribution in [0.5, 0.6) is 5.75 Å². The number of halogens is 2. The van der Waals surface area contributed by atoms with E-state index in [1.54, 1.807) is 12.1 Å². The van der Waals surface area contributed by atoms with Crippen molar-refractivity contribution in [1.82, 2.24) is 10.7 Å². The van der Waals surface area contributed by atoms with Gasteiger partial charge in [-0.1, -0.05) is 29.8 Å². The molecule has 0 aromatic heterocycles. The van der Waals surface area contributed by atoms with E-state index in [9.17, 15) is 29.2 Å². The van der Waals surface area contributed by atoms with Crippen LogP contribution >= 0.6 is 11.6 Å². The fourth-order valence-electron chi connectivity index (χ4n) is 3.08. The molecule has 0 aliphatic rings. The van der Waals surface area contributed by atoms with Gasteiger partial charge in [0, 0.05) is 42.0 Å². The Morgan fingerprint density at radius 1 is 1.14 bits per heavy atom. The van der Waals surface area contributed by atoms with Gasteiger partial charge in [0.15, 0.2) is 0 Å². The Balaban J connectivity index is 1.88. The summed E-state index contributed by atoms with van der Waals surface area (Å²) in [5.74, 6) is -2.91. The van der Waals surface area contributed by atoms with Crippen LogP contribution < -0.4 is 15.6 Å². The van der Waals surface area contributed by atoms with Gasteiger partial charge in [0.05, 0.1) is 11.1 Å². The molecule has 0 fully saturated rings. The highest BCUT2D eigenvalue weighted by Gasteiger charge is 2.18. The number of hydrogen-bond acceptors (Lipinski definition) is 7. The predicted molar refractivity (Wildman–Crippen MR) is 138 cm³/mol. The fraction of sp³-hybridized carbons (Fsp3) is 0.0800. The van der Waals surface area contributed by atoms with Crippen LogP contribution in [0.3, 0.4) is 0 Å². The first-order valence-electron chi connectivity index (χ1n) is 10.6. The van der Waals surface area contributed by atoms with Gasteiger partial charge in [0.2, 0.25) is 5.75 Å². The Morgan fingerprint density at radius 2 is 1.84 bits per heavy atom. The number of carbonyl (C=O) groups is 2. The minimum atomic E-state index is -0.853. The van der Waals surface area contributed by atoms with E-state index in [0.29, 0.717) is 5.56 Å². The monoisotopic (exact) mass is 525 g/mol. The van der Waals surface area contributed by atoms with Crippen molar-refractivity contribution in [3.63, 3.8) is 0 Å². The number of benzene rings is 3. The maximum Gasteiger partial charge on any atom is 0.312 e. The minimum absolute atomic E-state index is 0.0127. The van der Waals surface area contributed by atoms with E-state index < -0.39 is 34.0 Å². The van der Waals surface area contributed by atoms with E-state index in [0.717, 1.165) is 24.0 Å². The molecule has 37 heavy (non-hydrogen) atoms. The summed E-state index contributed by atoms with van der Waals surface area (Å²) in [5, 5.41) is 27.3. The maximum atomic E-state index is 13.6. The van der Waals surface area contributed by atoms with Crippen molar-refractivity contribution >= 4 is 47.1 Å². The molecule has 0 atom stereocenters. The first-order chi connectivity index (χ1) is 17.5. The zero-order chi connectivity index (χ0) is 27.1. The summed E-state index contributed by atoms with van der Waals surface area (Å²) in [7, 11) is 3.74. The van der Waals surface area contributed by atoms with E-state index in [-0.39, 0.29) is 21.8 Å². The Bertz CT molecular complexity index is 1410. The van der Waals surface area contributed by atoms with Crippen molar-refractivity contribution < 1.29 is 24.0 Å². The van der Waals surface area contributed by atoms with Gasteiger partial charge in [0.1, 0.15) is 11.5 Å². The molecule has 0 spiro atoms. The van der Waals surface area contributed by atoms with Crippen LogP contribution in [0, 0.1) is 15.9 Å². The largest absolute Gasteiger partial charge is 0.502 e. The maximum absolute atomic E-state index is 13.6. The smallest absolute Gasteiger partial charge is 0.312 e. The van der Waals surface area contributed by atoms with E-state index in [2.05, 4.69) is 15.8 Å². The molecular formula is C25H21ClFN5O5. The SMILES string of the molecule is CN(C)c1ccc(/C=C(\NC(=O)c2cccc(F)c2)C(=O)N/N=C/c2cc(Cl)cc([N+](=O)[O-])c2O)cc1. The van der Waals surface area contributed by atoms with Crippen molar-refractivity contribution in [1.29, 1.82) is 0 Å². The van der Waals surface area contributed by atoms with Crippen LogP contribution in [0.1, 0.15) is 21.5 Å². The Morgan fingerprint density at radius 3 is 2.46 bits per heavy atom. The highest BCUT2D eigenvalue weighted by molar-refractivity contribution is 6.31. The molecule has 2 amide bonds. The highest BCUT2D eigenvalue weighted by atomic mass is 35.5. The molecule has 3 aromatic rings. The molecule has 0 aliphatic carbocycles. The number of amides is 2. The second-order valence-corrected chi connectivity index (χ2v) is 8.26. The Kier molecular flexibility index (Phi) is 8.54. The van der Waals surface area contributed by atoms with Crippen molar-refractivity contribution in [3.05, 3.63) is 104 Å². The second kappa shape index (κ2) is 11.8. The molecule has 190 valence electrons. The predicted octanol–water partition coefficient (Wildman–Crippen LogP) is 4.08. The number of carbonyl (C=O) groups excluding carboxylic acids is 2. The number of rotatable bonds is 8. The van der Waals surface area contributed by atoms with E-state index in [1.807, 2.05) is 31.1 Å². The van der Waals surface area contributed by atoms with Gasteiger partial charge in [-0.2, -0.15) is 5.10 Å². The van der Waals surface area contributed by atoms with Crippen LogP contribution in [-0.2, 0) is 4.79 Å². The zero-order valence-electron chi connectivity index (χ0n) is 19.6. The van der Waals surface area contributed by atoms with E-state index >= 15 is 0 Å². The summed E-state index contributed by atoms with van der Waals surface area (Å²) in [4.78, 5) is 37.7. The van der Waals surface area contributed by atoms with Crippen LogP contribution in [0.2, 0.25) is 5.02 Å². The summed E-state index contributed by atoms with van der Waals surface area (Å²) in [6, 6.07) is 14.2. The molecule has 3 N–H and O–H groups in total. The van der Waals surface area contributed by atoms with Crippen LogP contribution in [0.25, 0.3) is 6.08 Å². The first-order valence-corrected chi connectivity index (χ1v) is 11.0. The molecule has 0 heterocycles. The number of aromatic hydroxyl groups is 1.